The van der Waals surface area contributed by atoms with Crippen molar-refractivity contribution >= 4 is 34.9 Å². The van der Waals surface area contributed by atoms with Crippen molar-refractivity contribution in [2.45, 2.75) is 32.7 Å². The van der Waals surface area contributed by atoms with Crippen LogP contribution < -0.4 is 10.6 Å². The maximum Gasteiger partial charge on any atom is 0.251 e. The van der Waals surface area contributed by atoms with E-state index in [9.17, 15) is 4.79 Å². The quantitative estimate of drug-likeness (QED) is 0.755. The normalized spacial score (nSPS) is 11.8. The van der Waals surface area contributed by atoms with Crippen LogP contribution in [0.4, 0.5) is 5.82 Å². The van der Waals surface area contributed by atoms with Crippen molar-refractivity contribution < 1.29 is 4.79 Å². The first-order valence-corrected chi connectivity index (χ1v) is 8.70. The van der Waals surface area contributed by atoms with Gasteiger partial charge in [0.1, 0.15) is 5.82 Å². The van der Waals surface area contributed by atoms with Crippen LogP contribution in [-0.2, 0) is 6.42 Å². The second-order valence-electron chi connectivity index (χ2n) is 5.63. The van der Waals surface area contributed by atoms with Crippen LogP contribution in [-0.4, -0.2) is 23.5 Å². The summed E-state index contributed by atoms with van der Waals surface area (Å²) in [6.45, 7) is 4.67. The van der Waals surface area contributed by atoms with Gasteiger partial charge < -0.3 is 10.6 Å². The lowest BCUT2D eigenvalue weighted by Crippen LogP contribution is -2.31. The predicted octanol–water partition coefficient (Wildman–Crippen LogP) is 4.57. The zero-order valence-electron chi connectivity index (χ0n) is 13.8. The number of hydrogen-bond acceptors (Lipinski definition) is 3. The molecule has 0 saturated heterocycles. The zero-order valence-corrected chi connectivity index (χ0v) is 15.3. The minimum Gasteiger partial charge on any atom is -0.370 e. The van der Waals surface area contributed by atoms with Gasteiger partial charge in [0.25, 0.3) is 5.91 Å². The van der Waals surface area contributed by atoms with Gasteiger partial charge in [0.05, 0.1) is 0 Å². The Bertz CT molecular complexity index is 706. The first-order valence-electron chi connectivity index (χ1n) is 7.94. The van der Waals surface area contributed by atoms with E-state index in [-0.39, 0.29) is 11.9 Å². The molecular formula is C18H21Cl2N3O. The van der Waals surface area contributed by atoms with Gasteiger partial charge in [-0.25, -0.2) is 4.98 Å². The molecule has 0 fully saturated rings. The maximum absolute atomic E-state index is 12.1. The van der Waals surface area contributed by atoms with E-state index >= 15 is 0 Å². The number of rotatable bonds is 7. The fraction of sp³-hybridized carbons (Fsp3) is 0.333. The molecule has 2 N–H and O–H groups in total. The molecule has 1 atom stereocenters. The second kappa shape index (κ2) is 8.90. The molecule has 24 heavy (non-hydrogen) atoms. The molecule has 0 aliphatic carbocycles. The maximum atomic E-state index is 12.1. The van der Waals surface area contributed by atoms with Crippen molar-refractivity contribution in [3.8, 4) is 0 Å². The molecule has 1 aromatic carbocycles. The van der Waals surface area contributed by atoms with Crippen LogP contribution in [0.2, 0.25) is 10.0 Å². The first kappa shape index (κ1) is 18.6. The molecule has 1 amide bonds. The van der Waals surface area contributed by atoms with Crippen molar-refractivity contribution in [1.29, 1.82) is 0 Å². The topological polar surface area (TPSA) is 54.0 Å². The highest BCUT2D eigenvalue weighted by molar-refractivity contribution is 6.35. The SMILES string of the molecule is CCC(C)NC(=O)c1ccnc(NCCc2ccc(Cl)cc2Cl)c1. The van der Waals surface area contributed by atoms with E-state index in [1.54, 1.807) is 24.4 Å². The van der Waals surface area contributed by atoms with Crippen molar-refractivity contribution in [3.63, 3.8) is 0 Å². The molecule has 4 nitrogen and oxygen atoms in total. The van der Waals surface area contributed by atoms with Gasteiger partial charge in [-0.05, 0) is 49.6 Å². The summed E-state index contributed by atoms with van der Waals surface area (Å²) in [5.41, 5.74) is 1.61. The molecule has 1 aromatic heterocycles. The van der Waals surface area contributed by atoms with Gasteiger partial charge in [-0.3, -0.25) is 4.79 Å². The number of nitrogens with zero attached hydrogens (tertiary/aromatic N) is 1. The molecule has 128 valence electrons. The Morgan fingerprint density at radius 3 is 2.75 bits per heavy atom. The van der Waals surface area contributed by atoms with Gasteiger partial charge in [0.15, 0.2) is 0 Å². The highest BCUT2D eigenvalue weighted by atomic mass is 35.5. The Balaban J connectivity index is 1.93. The molecule has 0 aliphatic heterocycles. The average Bonchev–Trinajstić information content (AvgIpc) is 2.57. The molecule has 0 saturated carbocycles. The zero-order chi connectivity index (χ0) is 17.5. The lowest BCUT2D eigenvalue weighted by atomic mass is 10.1. The summed E-state index contributed by atoms with van der Waals surface area (Å²) in [5.74, 6) is 0.576. The number of aromatic nitrogens is 1. The van der Waals surface area contributed by atoms with E-state index in [1.165, 1.54) is 0 Å². The second-order valence-corrected chi connectivity index (χ2v) is 6.47. The Labute approximate surface area is 152 Å². The van der Waals surface area contributed by atoms with Crippen LogP contribution in [0.25, 0.3) is 0 Å². The number of hydrogen-bond donors (Lipinski definition) is 2. The minimum absolute atomic E-state index is 0.0875. The van der Waals surface area contributed by atoms with Gasteiger partial charge in [-0.15, -0.1) is 0 Å². The Kier molecular flexibility index (Phi) is 6.88. The van der Waals surface area contributed by atoms with Gasteiger partial charge >= 0.3 is 0 Å². The molecule has 1 unspecified atom stereocenters. The van der Waals surface area contributed by atoms with Gasteiger partial charge in [-0.2, -0.15) is 0 Å². The number of carbonyl (C=O) groups is 1. The van der Waals surface area contributed by atoms with Crippen molar-refractivity contribution in [1.82, 2.24) is 10.3 Å². The smallest absolute Gasteiger partial charge is 0.251 e. The molecule has 0 spiro atoms. The lowest BCUT2D eigenvalue weighted by Gasteiger charge is -2.12. The van der Waals surface area contributed by atoms with E-state index in [1.807, 2.05) is 26.0 Å². The van der Waals surface area contributed by atoms with E-state index in [4.69, 9.17) is 23.2 Å². The number of nitrogens with one attached hydrogen (secondary N) is 2. The molecule has 0 aliphatic rings. The third kappa shape index (κ3) is 5.39. The Morgan fingerprint density at radius 2 is 2.04 bits per heavy atom. The van der Waals surface area contributed by atoms with Crippen molar-refractivity contribution in [2.75, 3.05) is 11.9 Å². The van der Waals surface area contributed by atoms with Crippen LogP contribution in [0.5, 0.6) is 0 Å². The van der Waals surface area contributed by atoms with Gasteiger partial charge in [0.2, 0.25) is 0 Å². The van der Waals surface area contributed by atoms with Crippen LogP contribution in [0.3, 0.4) is 0 Å². The van der Waals surface area contributed by atoms with Crippen molar-refractivity contribution in [2.24, 2.45) is 0 Å². The fourth-order valence-electron chi connectivity index (χ4n) is 2.13. The first-order chi connectivity index (χ1) is 11.5. The van der Waals surface area contributed by atoms with Crippen LogP contribution >= 0.6 is 23.2 Å². The molecular weight excluding hydrogens is 345 g/mol. The summed E-state index contributed by atoms with van der Waals surface area (Å²) in [5, 5.41) is 7.43. The van der Waals surface area contributed by atoms with Crippen LogP contribution in [0.1, 0.15) is 36.2 Å². The third-order valence-electron chi connectivity index (χ3n) is 3.73. The van der Waals surface area contributed by atoms with Gasteiger partial charge in [0, 0.05) is 34.4 Å². The van der Waals surface area contributed by atoms with Gasteiger partial charge in [-0.1, -0.05) is 36.2 Å². The van der Waals surface area contributed by atoms with Crippen LogP contribution in [0, 0.1) is 0 Å². The summed E-state index contributed by atoms with van der Waals surface area (Å²) in [6, 6.07) is 9.07. The van der Waals surface area contributed by atoms with Crippen molar-refractivity contribution in [3.05, 3.63) is 57.7 Å². The largest absolute Gasteiger partial charge is 0.370 e. The van der Waals surface area contributed by atoms with E-state index in [0.29, 0.717) is 28.0 Å². The van der Waals surface area contributed by atoms with E-state index < -0.39 is 0 Å². The number of carbonyl (C=O) groups excluding carboxylic acids is 1. The number of halogens is 2. The molecule has 6 heteroatoms. The molecule has 0 radical (unpaired) electrons. The number of pyridine rings is 1. The molecule has 0 bridgehead atoms. The highest BCUT2D eigenvalue weighted by Gasteiger charge is 2.09. The lowest BCUT2D eigenvalue weighted by molar-refractivity contribution is 0.0939. The number of anilines is 1. The fourth-order valence-corrected chi connectivity index (χ4v) is 2.63. The summed E-state index contributed by atoms with van der Waals surface area (Å²) in [7, 11) is 0. The minimum atomic E-state index is -0.0875. The van der Waals surface area contributed by atoms with E-state index in [2.05, 4.69) is 15.6 Å². The average molecular weight is 366 g/mol. The third-order valence-corrected chi connectivity index (χ3v) is 4.31. The summed E-state index contributed by atoms with van der Waals surface area (Å²) in [4.78, 5) is 16.4. The van der Waals surface area contributed by atoms with E-state index in [0.717, 1.165) is 18.4 Å². The molecule has 2 rings (SSSR count). The summed E-state index contributed by atoms with van der Waals surface area (Å²) in [6.07, 6.45) is 3.26. The predicted molar refractivity (Wildman–Crippen MR) is 100 cm³/mol. The summed E-state index contributed by atoms with van der Waals surface area (Å²) < 4.78 is 0. The highest BCUT2D eigenvalue weighted by Crippen LogP contribution is 2.21. The Morgan fingerprint density at radius 1 is 1.25 bits per heavy atom. The Hall–Kier alpha value is -1.78. The van der Waals surface area contributed by atoms with Crippen LogP contribution in [0.15, 0.2) is 36.5 Å². The standard InChI is InChI=1S/C18H21Cl2N3O/c1-3-12(2)23-18(24)14-7-9-22-17(10-14)21-8-6-13-4-5-15(19)11-16(13)20/h4-5,7,9-12H,3,6,8H2,1-2H3,(H,21,22)(H,23,24). The number of benzene rings is 1. The number of amides is 1. The monoisotopic (exact) mass is 365 g/mol. The summed E-state index contributed by atoms with van der Waals surface area (Å²) >= 11 is 12.1. The molecule has 2 aromatic rings. The molecule has 1 heterocycles.